The molecule has 1 atom stereocenters. The minimum Gasteiger partial charge on any atom is -0.507 e. The fraction of sp³-hybridized carbons (Fsp3) is 0.333. The van der Waals surface area contributed by atoms with Gasteiger partial charge in [0.2, 0.25) is 11.7 Å². The van der Waals surface area contributed by atoms with E-state index < -0.39 is 35.2 Å². The maximum absolute atomic E-state index is 14.3. The van der Waals surface area contributed by atoms with Gasteiger partial charge in [-0.3, -0.25) is 19.0 Å². The monoisotopic (exact) mass is 710 g/mol. The molecule has 0 saturated carbocycles. The zero-order valence-electron chi connectivity index (χ0n) is 26.6. The highest BCUT2D eigenvalue weighted by atomic mass is 35.5. The van der Waals surface area contributed by atoms with E-state index in [2.05, 4.69) is 10.1 Å². The highest BCUT2D eigenvalue weighted by Gasteiger charge is 2.36. The number of primary amides is 1. The Hall–Kier alpha value is -5.40. The van der Waals surface area contributed by atoms with Crippen molar-refractivity contribution in [1.29, 1.82) is 5.26 Å². The van der Waals surface area contributed by atoms with Crippen LogP contribution in [-0.4, -0.2) is 80.4 Å². The summed E-state index contributed by atoms with van der Waals surface area (Å²) < 4.78 is 48.4. The molecule has 0 bridgehead atoms. The van der Waals surface area contributed by atoms with Crippen LogP contribution in [0.3, 0.4) is 0 Å². The van der Waals surface area contributed by atoms with Gasteiger partial charge in [-0.15, -0.1) is 5.10 Å². The van der Waals surface area contributed by atoms with Crippen molar-refractivity contribution in [1.82, 2.24) is 24.1 Å². The highest BCUT2D eigenvalue weighted by Crippen LogP contribution is 2.37. The predicted octanol–water partition coefficient (Wildman–Crippen LogP) is 3.54. The lowest BCUT2D eigenvalue weighted by molar-refractivity contribution is -0.137. The summed E-state index contributed by atoms with van der Waals surface area (Å²) in [6, 6.07) is 7.00. The molecule has 2 aliphatic heterocycles. The summed E-state index contributed by atoms with van der Waals surface area (Å²) in [5.74, 6) is -1.63. The normalized spacial score (nSPS) is 15.9. The second kappa shape index (κ2) is 13.5. The standard InChI is InChI=1S/C33H30ClF3N8O5/c1-2-24-27(42-9-11-43(12-10-42)30(48)22-5-3-18(17-38)15-25(22)46)31(49)45-32(40-29(41-45)19-7-13-50-14-8-19)44(24)26(28(39)47)21-6-4-20(16-23(21)34)33(35,36)37/h3-7,15-16,26,46H,2,8-14H2,1H3,(H2,39,47). The number of fused-ring (bicyclic) bond motifs is 1. The number of ether oxygens (including phenoxy) is 1. The topological polar surface area (TPSA) is 172 Å². The number of phenols is 1. The molecule has 260 valence electrons. The molecule has 6 rings (SSSR count). The molecule has 17 heteroatoms. The molecule has 4 aromatic rings. The van der Waals surface area contributed by atoms with Crippen molar-refractivity contribution in [3.63, 3.8) is 0 Å². The first-order valence-corrected chi connectivity index (χ1v) is 16.0. The lowest BCUT2D eigenvalue weighted by Crippen LogP contribution is -2.51. The second-order valence-corrected chi connectivity index (χ2v) is 12.1. The largest absolute Gasteiger partial charge is 0.507 e. The Labute approximate surface area is 287 Å². The number of piperazine rings is 1. The Morgan fingerprint density at radius 2 is 1.90 bits per heavy atom. The molecular formula is C33H30ClF3N8O5. The third-order valence-electron chi connectivity index (χ3n) is 8.74. The zero-order valence-corrected chi connectivity index (χ0v) is 27.3. The molecule has 0 spiro atoms. The number of nitrogens with zero attached hydrogens (tertiary/aromatic N) is 7. The van der Waals surface area contributed by atoms with E-state index in [0.29, 0.717) is 37.0 Å². The van der Waals surface area contributed by atoms with Crippen molar-refractivity contribution in [2.45, 2.75) is 32.0 Å². The number of nitriles is 1. The maximum atomic E-state index is 14.3. The van der Waals surface area contributed by atoms with Gasteiger partial charge in [-0.25, -0.2) is 0 Å². The first kappa shape index (κ1) is 34.5. The minimum atomic E-state index is -4.70. The van der Waals surface area contributed by atoms with Crippen LogP contribution in [0, 0.1) is 11.3 Å². The van der Waals surface area contributed by atoms with Crippen LogP contribution in [0.1, 0.15) is 58.0 Å². The molecule has 1 saturated heterocycles. The van der Waals surface area contributed by atoms with Crippen LogP contribution in [0.5, 0.6) is 5.75 Å². The Morgan fingerprint density at radius 3 is 2.48 bits per heavy atom. The van der Waals surface area contributed by atoms with Gasteiger partial charge in [-0.1, -0.05) is 30.7 Å². The summed E-state index contributed by atoms with van der Waals surface area (Å²) in [6.07, 6.45) is -2.32. The van der Waals surface area contributed by atoms with Crippen molar-refractivity contribution in [2.24, 2.45) is 5.73 Å². The molecule has 0 aliphatic carbocycles. The molecule has 2 aromatic carbocycles. The Kier molecular flexibility index (Phi) is 9.29. The molecular weight excluding hydrogens is 681 g/mol. The minimum absolute atomic E-state index is 0.0192. The number of rotatable bonds is 7. The van der Waals surface area contributed by atoms with Gasteiger partial charge in [0.05, 0.1) is 41.7 Å². The number of carbonyl (C=O) groups excluding carboxylic acids is 2. The maximum Gasteiger partial charge on any atom is 0.416 e. The van der Waals surface area contributed by atoms with E-state index in [4.69, 9.17) is 27.3 Å². The van der Waals surface area contributed by atoms with Gasteiger partial charge in [-0.2, -0.15) is 27.9 Å². The molecule has 2 amide bonds. The lowest BCUT2D eigenvalue weighted by atomic mass is 10.0. The van der Waals surface area contributed by atoms with Crippen molar-refractivity contribution < 1.29 is 32.6 Å². The summed E-state index contributed by atoms with van der Waals surface area (Å²) in [4.78, 5) is 48.8. The number of anilines is 1. The molecule has 0 radical (unpaired) electrons. The number of carbonyl (C=O) groups is 2. The number of aromatic nitrogens is 4. The second-order valence-electron chi connectivity index (χ2n) is 11.7. The van der Waals surface area contributed by atoms with Crippen molar-refractivity contribution in [3.8, 4) is 11.8 Å². The highest BCUT2D eigenvalue weighted by molar-refractivity contribution is 6.31. The Bertz CT molecular complexity index is 2150. The number of halogens is 4. The van der Waals surface area contributed by atoms with Gasteiger partial charge >= 0.3 is 6.18 Å². The van der Waals surface area contributed by atoms with E-state index >= 15 is 0 Å². The van der Waals surface area contributed by atoms with Crippen LogP contribution < -0.4 is 16.2 Å². The summed E-state index contributed by atoms with van der Waals surface area (Å²) in [7, 11) is 0. The van der Waals surface area contributed by atoms with Crippen molar-refractivity contribution in [3.05, 3.63) is 91.6 Å². The van der Waals surface area contributed by atoms with Crippen molar-refractivity contribution in [2.75, 3.05) is 44.3 Å². The summed E-state index contributed by atoms with van der Waals surface area (Å²) in [5, 5.41) is 23.6. The fourth-order valence-electron chi connectivity index (χ4n) is 6.28. The van der Waals surface area contributed by atoms with E-state index in [1.165, 1.54) is 27.7 Å². The number of hydrogen-bond acceptors (Lipinski definition) is 9. The summed E-state index contributed by atoms with van der Waals surface area (Å²) in [6.45, 7) is 3.02. The smallest absolute Gasteiger partial charge is 0.416 e. The number of hydrogen-bond donors (Lipinski definition) is 2. The number of phenolic OH excluding ortho intramolecular Hbond substituents is 1. The van der Waals surface area contributed by atoms with Gasteiger partial charge in [0.1, 0.15) is 17.5 Å². The van der Waals surface area contributed by atoms with E-state index in [1.807, 2.05) is 6.07 Å². The average molecular weight is 711 g/mol. The number of nitrogens with two attached hydrogens (primary N) is 1. The summed E-state index contributed by atoms with van der Waals surface area (Å²) in [5.41, 5.74) is 5.69. The zero-order chi connectivity index (χ0) is 35.9. The van der Waals surface area contributed by atoms with Crippen LogP contribution in [0.25, 0.3) is 11.4 Å². The van der Waals surface area contributed by atoms with Gasteiger partial charge in [0.15, 0.2) is 5.82 Å². The molecule has 4 heterocycles. The third-order valence-corrected chi connectivity index (χ3v) is 9.07. The Balaban J connectivity index is 1.47. The number of alkyl halides is 3. The molecule has 2 aliphatic rings. The average Bonchev–Trinajstić information content (AvgIpc) is 3.55. The molecule has 1 unspecified atom stereocenters. The Morgan fingerprint density at radius 1 is 1.16 bits per heavy atom. The van der Waals surface area contributed by atoms with E-state index in [9.17, 15) is 32.7 Å². The quantitative estimate of drug-likeness (QED) is 0.291. The van der Waals surface area contributed by atoms with Crippen LogP contribution >= 0.6 is 11.6 Å². The lowest BCUT2D eigenvalue weighted by Gasteiger charge is -2.37. The molecule has 3 N–H and O–H groups in total. The van der Waals surface area contributed by atoms with Gasteiger partial charge < -0.3 is 25.4 Å². The van der Waals surface area contributed by atoms with Crippen LogP contribution in [0.15, 0.2) is 47.3 Å². The number of amides is 2. The number of benzene rings is 2. The molecule has 1 fully saturated rings. The van der Waals surface area contributed by atoms with E-state index in [1.54, 1.807) is 17.9 Å². The van der Waals surface area contributed by atoms with E-state index in [0.717, 1.165) is 16.6 Å². The molecule has 50 heavy (non-hydrogen) atoms. The number of aromatic hydroxyl groups is 1. The first-order valence-electron chi connectivity index (χ1n) is 15.6. The van der Waals surface area contributed by atoms with Gasteiger partial charge in [0, 0.05) is 36.8 Å². The van der Waals surface area contributed by atoms with Crippen LogP contribution in [0.4, 0.5) is 18.9 Å². The van der Waals surface area contributed by atoms with Gasteiger partial charge in [0.25, 0.3) is 11.5 Å². The third kappa shape index (κ3) is 6.25. The fourth-order valence-corrected chi connectivity index (χ4v) is 6.56. The van der Waals surface area contributed by atoms with Crippen molar-refractivity contribution >= 4 is 40.5 Å². The van der Waals surface area contributed by atoms with Crippen LogP contribution in [0.2, 0.25) is 5.02 Å². The SMILES string of the molecule is CCc1c(N2CCN(C(=O)c3ccc(C#N)cc3O)CC2)c(=O)n2nc(C3=CCOCC3)nc2n1C(C(N)=O)c1ccc(C(F)(F)F)cc1Cl. The predicted molar refractivity (Wildman–Crippen MR) is 175 cm³/mol. The van der Waals surface area contributed by atoms with Crippen LogP contribution in [-0.2, 0) is 22.1 Å². The summed E-state index contributed by atoms with van der Waals surface area (Å²) >= 11 is 6.41. The van der Waals surface area contributed by atoms with E-state index in [-0.39, 0.29) is 77.4 Å². The molecule has 13 nitrogen and oxygen atoms in total. The molecule has 2 aromatic heterocycles. The van der Waals surface area contributed by atoms with Gasteiger partial charge in [-0.05, 0) is 48.7 Å². The first-order chi connectivity index (χ1) is 23.8.